The van der Waals surface area contributed by atoms with Gasteiger partial charge in [0, 0.05) is 36.2 Å². The summed E-state index contributed by atoms with van der Waals surface area (Å²) in [6, 6.07) is 15.1. The molecule has 4 aromatic rings. The van der Waals surface area contributed by atoms with Gasteiger partial charge in [-0.05, 0) is 18.2 Å². The Morgan fingerprint density at radius 1 is 1.11 bits per heavy atom. The number of furan rings is 1. The third-order valence-corrected chi connectivity index (χ3v) is 4.73. The molecule has 0 radical (unpaired) electrons. The van der Waals surface area contributed by atoms with Crippen molar-refractivity contribution in [1.82, 2.24) is 9.97 Å². The molecule has 28 heavy (non-hydrogen) atoms. The highest BCUT2D eigenvalue weighted by molar-refractivity contribution is 5.81. The van der Waals surface area contributed by atoms with Gasteiger partial charge >= 0.3 is 0 Å². The predicted molar refractivity (Wildman–Crippen MR) is 102 cm³/mol. The molecule has 5 rings (SSSR count). The van der Waals surface area contributed by atoms with Crippen LogP contribution in [0.2, 0.25) is 0 Å². The standard InChI is InChI=1S/C21H16FN3O3/c1-25(15-7-6-13-8-9-26-28-18(13)11-15)21-16(22)12-23-20(24-21)19-10-14-4-2-3-5-17(14)27-19/h2-7,10-12H,8-9H2,1H3. The summed E-state index contributed by atoms with van der Waals surface area (Å²) in [6.07, 6.45) is 1.93. The van der Waals surface area contributed by atoms with Crippen LogP contribution in [0, 0.1) is 5.82 Å². The summed E-state index contributed by atoms with van der Waals surface area (Å²) < 4.78 is 20.3. The molecule has 1 aliphatic heterocycles. The number of halogens is 1. The van der Waals surface area contributed by atoms with Crippen LogP contribution in [-0.2, 0) is 11.3 Å². The molecule has 0 unspecified atom stereocenters. The molecular weight excluding hydrogens is 361 g/mol. The lowest BCUT2D eigenvalue weighted by molar-refractivity contribution is -0.215. The molecule has 140 valence electrons. The number of hydrogen-bond acceptors (Lipinski definition) is 6. The van der Waals surface area contributed by atoms with Gasteiger partial charge in [0.05, 0.1) is 12.8 Å². The maximum absolute atomic E-state index is 14.5. The maximum atomic E-state index is 14.5. The van der Waals surface area contributed by atoms with Crippen LogP contribution >= 0.6 is 0 Å². The lowest BCUT2D eigenvalue weighted by Gasteiger charge is -2.22. The first-order valence-electron chi connectivity index (χ1n) is 8.87. The molecule has 6 nitrogen and oxygen atoms in total. The third-order valence-electron chi connectivity index (χ3n) is 4.73. The Kier molecular flexibility index (Phi) is 3.95. The van der Waals surface area contributed by atoms with E-state index < -0.39 is 5.82 Å². The molecular formula is C21H16FN3O3. The highest BCUT2D eigenvalue weighted by Crippen LogP contribution is 2.33. The Morgan fingerprint density at radius 2 is 2.00 bits per heavy atom. The molecule has 0 saturated heterocycles. The Labute approximate surface area is 160 Å². The monoisotopic (exact) mass is 377 g/mol. The van der Waals surface area contributed by atoms with Crippen molar-refractivity contribution >= 4 is 22.5 Å². The second kappa shape index (κ2) is 6.61. The zero-order valence-electron chi connectivity index (χ0n) is 15.1. The molecule has 0 aliphatic carbocycles. The highest BCUT2D eigenvalue weighted by atomic mass is 19.1. The second-order valence-electron chi connectivity index (χ2n) is 6.52. The third kappa shape index (κ3) is 2.86. The quantitative estimate of drug-likeness (QED) is 0.484. The van der Waals surface area contributed by atoms with Gasteiger partial charge in [-0.15, -0.1) is 0 Å². The van der Waals surface area contributed by atoms with Crippen LogP contribution < -0.4 is 9.79 Å². The van der Waals surface area contributed by atoms with Gasteiger partial charge in [0.2, 0.25) is 0 Å². The van der Waals surface area contributed by atoms with Crippen molar-refractivity contribution in [2.24, 2.45) is 0 Å². The van der Waals surface area contributed by atoms with Gasteiger partial charge in [0.25, 0.3) is 0 Å². The minimum absolute atomic E-state index is 0.141. The van der Waals surface area contributed by atoms with Crippen LogP contribution in [0.25, 0.3) is 22.6 Å². The van der Waals surface area contributed by atoms with Crippen LogP contribution in [0.15, 0.2) is 59.1 Å². The fourth-order valence-electron chi connectivity index (χ4n) is 3.22. The van der Waals surface area contributed by atoms with E-state index in [0.29, 0.717) is 23.9 Å². The Hall–Kier alpha value is -3.45. The average molecular weight is 377 g/mol. The number of fused-ring (bicyclic) bond motifs is 2. The molecule has 2 aromatic heterocycles. The first-order valence-corrected chi connectivity index (χ1v) is 8.87. The van der Waals surface area contributed by atoms with Crippen molar-refractivity contribution < 1.29 is 18.6 Å². The summed E-state index contributed by atoms with van der Waals surface area (Å²) in [4.78, 5) is 20.4. The Bertz CT molecular complexity index is 1140. The smallest absolute Gasteiger partial charge is 0.197 e. The summed E-state index contributed by atoms with van der Waals surface area (Å²) in [5.41, 5.74) is 2.50. The van der Waals surface area contributed by atoms with Crippen molar-refractivity contribution in [1.29, 1.82) is 0 Å². The molecule has 0 fully saturated rings. The summed E-state index contributed by atoms with van der Waals surface area (Å²) in [5.74, 6) is 1.04. The van der Waals surface area contributed by atoms with E-state index in [0.717, 1.165) is 34.8 Å². The van der Waals surface area contributed by atoms with Crippen molar-refractivity contribution in [2.75, 3.05) is 18.6 Å². The number of benzene rings is 2. The van der Waals surface area contributed by atoms with Gasteiger partial charge in [-0.2, -0.15) is 4.89 Å². The number of anilines is 2. The molecule has 0 spiro atoms. The number of rotatable bonds is 3. The normalized spacial score (nSPS) is 13.2. The predicted octanol–water partition coefficient (Wildman–Crippen LogP) is 4.66. The van der Waals surface area contributed by atoms with Gasteiger partial charge in [-0.3, -0.25) is 0 Å². The van der Waals surface area contributed by atoms with Crippen LogP contribution in [0.4, 0.5) is 15.9 Å². The molecule has 0 atom stereocenters. The number of nitrogens with zero attached hydrogens (tertiary/aromatic N) is 3. The van der Waals surface area contributed by atoms with Crippen molar-refractivity contribution in [3.05, 3.63) is 66.1 Å². The van der Waals surface area contributed by atoms with Crippen LogP contribution in [0.3, 0.4) is 0 Å². The van der Waals surface area contributed by atoms with Gasteiger partial charge < -0.3 is 14.2 Å². The first kappa shape index (κ1) is 16.7. The van der Waals surface area contributed by atoms with Gasteiger partial charge in [-0.25, -0.2) is 14.4 Å². The Morgan fingerprint density at radius 3 is 2.89 bits per heavy atom. The van der Waals surface area contributed by atoms with E-state index in [-0.39, 0.29) is 5.82 Å². The van der Waals surface area contributed by atoms with E-state index in [2.05, 4.69) is 9.97 Å². The molecule has 0 amide bonds. The lowest BCUT2D eigenvalue weighted by Crippen LogP contribution is -2.16. The van der Waals surface area contributed by atoms with Crippen LogP contribution in [0.5, 0.6) is 5.75 Å². The summed E-state index contributed by atoms with van der Waals surface area (Å²) in [5, 5.41) is 0.937. The van der Waals surface area contributed by atoms with E-state index in [1.807, 2.05) is 42.5 Å². The molecule has 3 heterocycles. The molecule has 1 aliphatic rings. The molecule has 2 aromatic carbocycles. The van der Waals surface area contributed by atoms with Gasteiger partial charge in [-0.1, -0.05) is 24.3 Å². The molecule has 7 heteroatoms. The van der Waals surface area contributed by atoms with E-state index in [9.17, 15) is 4.39 Å². The summed E-state index contributed by atoms with van der Waals surface area (Å²) >= 11 is 0. The maximum Gasteiger partial charge on any atom is 0.197 e. The van der Waals surface area contributed by atoms with Crippen LogP contribution in [-0.4, -0.2) is 23.6 Å². The first-order chi connectivity index (χ1) is 13.7. The highest BCUT2D eigenvalue weighted by Gasteiger charge is 2.19. The molecule has 0 N–H and O–H groups in total. The fraction of sp³-hybridized carbons (Fsp3) is 0.143. The van der Waals surface area contributed by atoms with E-state index in [4.69, 9.17) is 14.2 Å². The second-order valence-corrected chi connectivity index (χ2v) is 6.52. The van der Waals surface area contributed by atoms with E-state index in [1.54, 1.807) is 18.0 Å². The zero-order valence-corrected chi connectivity index (χ0v) is 15.1. The zero-order chi connectivity index (χ0) is 19.1. The number of aromatic nitrogens is 2. The minimum atomic E-state index is -0.530. The lowest BCUT2D eigenvalue weighted by atomic mass is 10.1. The largest absolute Gasteiger partial charge is 0.453 e. The van der Waals surface area contributed by atoms with Gasteiger partial charge in [0.15, 0.2) is 29.0 Å². The average Bonchev–Trinajstić information content (AvgIpc) is 3.17. The fourth-order valence-corrected chi connectivity index (χ4v) is 3.22. The summed E-state index contributed by atoms with van der Waals surface area (Å²) in [7, 11) is 1.74. The number of hydrogen-bond donors (Lipinski definition) is 0. The van der Waals surface area contributed by atoms with Crippen molar-refractivity contribution in [2.45, 2.75) is 6.42 Å². The van der Waals surface area contributed by atoms with Gasteiger partial charge in [0.1, 0.15) is 5.58 Å². The molecule has 0 saturated carbocycles. The SMILES string of the molecule is CN(c1ccc2c(c1)OOCC2)c1nc(-c2cc3ccccc3o2)ncc1F. The molecule has 0 bridgehead atoms. The topological polar surface area (TPSA) is 60.6 Å². The van der Waals surface area contributed by atoms with E-state index in [1.165, 1.54) is 0 Å². The summed E-state index contributed by atoms with van der Waals surface area (Å²) in [6.45, 7) is 0.517. The van der Waals surface area contributed by atoms with E-state index >= 15 is 0 Å². The van der Waals surface area contributed by atoms with Crippen LogP contribution in [0.1, 0.15) is 5.56 Å². The van der Waals surface area contributed by atoms with Crippen molar-refractivity contribution in [3.63, 3.8) is 0 Å². The Balaban J connectivity index is 1.53. The number of para-hydroxylation sites is 1. The minimum Gasteiger partial charge on any atom is -0.453 e. The van der Waals surface area contributed by atoms with Crippen molar-refractivity contribution in [3.8, 4) is 17.3 Å².